The molecule has 0 aliphatic heterocycles. The van der Waals surface area contributed by atoms with E-state index in [4.69, 9.17) is 0 Å². The summed E-state index contributed by atoms with van der Waals surface area (Å²) in [6.45, 7) is 6.05. The fourth-order valence-corrected chi connectivity index (χ4v) is 2.23. The van der Waals surface area contributed by atoms with Crippen LogP contribution in [-0.2, 0) is 0 Å². The smallest absolute Gasteiger partial charge is 0.0721 e. The van der Waals surface area contributed by atoms with Crippen LogP contribution in [0.5, 0.6) is 0 Å². The zero-order valence-electron chi connectivity index (χ0n) is 9.14. The van der Waals surface area contributed by atoms with Crippen molar-refractivity contribution in [2.24, 2.45) is 0 Å². The van der Waals surface area contributed by atoms with E-state index < -0.39 is 0 Å². The number of aromatic nitrogens is 2. The van der Waals surface area contributed by atoms with Gasteiger partial charge in [-0.2, -0.15) is 0 Å². The topological polar surface area (TPSA) is 17.8 Å². The predicted molar refractivity (Wildman–Crippen MR) is 68.2 cm³/mol. The number of para-hydroxylation sites is 1. The van der Waals surface area contributed by atoms with Gasteiger partial charge in [0.25, 0.3) is 0 Å². The molecule has 2 nitrogen and oxygen atoms in total. The van der Waals surface area contributed by atoms with Gasteiger partial charge in [-0.15, -0.1) is 0 Å². The van der Waals surface area contributed by atoms with Crippen molar-refractivity contribution in [3.05, 3.63) is 49.3 Å². The van der Waals surface area contributed by atoms with E-state index >= 15 is 0 Å². The molecular formula is C14H12N2. The number of hydrogen-bond acceptors (Lipinski definition) is 1. The Balaban J connectivity index is 2.64. The molecule has 0 radical (unpaired) electrons. The summed E-state index contributed by atoms with van der Waals surface area (Å²) in [5, 5.41) is 2.48. The van der Waals surface area contributed by atoms with Gasteiger partial charge in [0.05, 0.1) is 17.2 Å². The average molecular weight is 208 g/mol. The van der Waals surface area contributed by atoms with Crippen molar-refractivity contribution in [1.82, 2.24) is 9.55 Å². The second kappa shape index (κ2) is 3.20. The molecule has 0 bridgehead atoms. The van der Waals surface area contributed by atoms with Crippen molar-refractivity contribution in [2.45, 2.75) is 6.92 Å². The summed E-state index contributed by atoms with van der Waals surface area (Å²) in [4.78, 5) is 4.19. The van der Waals surface area contributed by atoms with Gasteiger partial charge < -0.3 is 4.57 Å². The van der Waals surface area contributed by atoms with E-state index in [0.29, 0.717) is 0 Å². The first kappa shape index (κ1) is 9.16. The van der Waals surface area contributed by atoms with Crippen LogP contribution in [0.15, 0.2) is 49.3 Å². The molecule has 3 rings (SSSR count). The fourth-order valence-electron chi connectivity index (χ4n) is 2.23. The highest BCUT2D eigenvalue weighted by atomic mass is 15.0. The van der Waals surface area contributed by atoms with E-state index in [-0.39, 0.29) is 0 Å². The minimum atomic E-state index is 1.01. The largest absolute Gasteiger partial charge is 0.312 e. The monoisotopic (exact) mass is 208 g/mol. The number of rotatable bonds is 1. The van der Waals surface area contributed by atoms with Crippen molar-refractivity contribution in [1.29, 1.82) is 0 Å². The third kappa shape index (κ3) is 1.10. The van der Waals surface area contributed by atoms with Crippen LogP contribution in [0.1, 0.15) is 6.92 Å². The molecule has 0 atom stereocenters. The maximum Gasteiger partial charge on any atom is 0.0721 e. The van der Waals surface area contributed by atoms with E-state index in [1.54, 1.807) is 0 Å². The highest BCUT2D eigenvalue weighted by Gasteiger charge is 2.09. The Morgan fingerprint density at radius 1 is 1.12 bits per heavy atom. The Kier molecular flexibility index (Phi) is 1.83. The van der Waals surface area contributed by atoms with Crippen LogP contribution in [0.2, 0.25) is 0 Å². The second-order valence-electron chi connectivity index (χ2n) is 3.98. The molecule has 0 spiro atoms. The van der Waals surface area contributed by atoms with Crippen LogP contribution in [0.4, 0.5) is 0 Å². The van der Waals surface area contributed by atoms with Gasteiger partial charge in [0.15, 0.2) is 0 Å². The quantitative estimate of drug-likeness (QED) is 0.596. The van der Waals surface area contributed by atoms with Gasteiger partial charge >= 0.3 is 0 Å². The molecule has 1 aromatic carbocycles. The molecule has 0 saturated heterocycles. The van der Waals surface area contributed by atoms with Crippen molar-refractivity contribution in [2.75, 3.05) is 0 Å². The first-order valence-electron chi connectivity index (χ1n) is 5.28. The number of fused-ring (bicyclic) bond motifs is 3. The lowest BCUT2D eigenvalue weighted by Crippen LogP contribution is -1.91. The standard InChI is InChI=1S/C14H12N2/c1-10(2)16-13-6-4-3-5-11(13)12-7-8-15-9-14(12)16/h3-9H,1H2,2H3. The Bertz CT molecular complexity index is 639. The van der Waals surface area contributed by atoms with Gasteiger partial charge in [-0.05, 0) is 19.1 Å². The summed E-state index contributed by atoms with van der Waals surface area (Å²) in [6, 6.07) is 10.4. The molecule has 2 heteroatoms. The number of nitrogens with zero attached hydrogens (tertiary/aromatic N) is 2. The highest BCUT2D eigenvalue weighted by molar-refractivity contribution is 6.09. The number of pyridine rings is 1. The molecule has 2 heterocycles. The van der Waals surface area contributed by atoms with Gasteiger partial charge in [0.1, 0.15) is 0 Å². The van der Waals surface area contributed by atoms with Gasteiger partial charge in [0, 0.05) is 22.7 Å². The Morgan fingerprint density at radius 2 is 1.88 bits per heavy atom. The van der Waals surface area contributed by atoms with E-state index in [1.807, 2.05) is 25.4 Å². The van der Waals surface area contributed by atoms with Crippen LogP contribution in [0.3, 0.4) is 0 Å². The van der Waals surface area contributed by atoms with Crippen LogP contribution < -0.4 is 0 Å². The minimum Gasteiger partial charge on any atom is -0.312 e. The number of allylic oxidation sites excluding steroid dienone is 1. The van der Waals surface area contributed by atoms with Gasteiger partial charge in [-0.1, -0.05) is 24.8 Å². The molecule has 3 aromatic rings. The van der Waals surface area contributed by atoms with E-state index in [1.165, 1.54) is 16.3 Å². The van der Waals surface area contributed by atoms with Crippen LogP contribution in [0.25, 0.3) is 27.5 Å². The molecule has 2 aromatic heterocycles. The lowest BCUT2D eigenvalue weighted by molar-refractivity contribution is 1.19. The molecule has 0 amide bonds. The van der Waals surface area contributed by atoms with E-state index in [0.717, 1.165) is 11.2 Å². The Labute approximate surface area is 93.8 Å². The van der Waals surface area contributed by atoms with Crippen molar-refractivity contribution >= 4 is 27.5 Å². The molecule has 16 heavy (non-hydrogen) atoms. The van der Waals surface area contributed by atoms with Crippen molar-refractivity contribution < 1.29 is 0 Å². The third-order valence-corrected chi connectivity index (χ3v) is 2.86. The maximum absolute atomic E-state index is 4.19. The highest BCUT2D eigenvalue weighted by Crippen LogP contribution is 2.29. The summed E-state index contributed by atoms with van der Waals surface area (Å²) in [5.74, 6) is 0. The number of benzene rings is 1. The molecule has 0 aliphatic rings. The Morgan fingerprint density at radius 3 is 2.69 bits per heavy atom. The lowest BCUT2D eigenvalue weighted by Gasteiger charge is -2.04. The van der Waals surface area contributed by atoms with Gasteiger partial charge in [0.2, 0.25) is 0 Å². The molecule has 0 fully saturated rings. The van der Waals surface area contributed by atoms with E-state index in [9.17, 15) is 0 Å². The Hall–Kier alpha value is -2.09. The zero-order valence-corrected chi connectivity index (χ0v) is 9.14. The van der Waals surface area contributed by atoms with Gasteiger partial charge in [-0.25, -0.2) is 0 Å². The number of hydrogen-bond donors (Lipinski definition) is 0. The van der Waals surface area contributed by atoms with Gasteiger partial charge in [-0.3, -0.25) is 4.98 Å². The molecule has 78 valence electrons. The SMILES string of the molecule is C=C(C)n1c2ccccc2c2ccncc21. The normalized spacial score (nSPS) is 11.1. The van der Waals surface area contributed by atoms with Crippen LogP contribution in [-0.4, -0.2) is 9.55 Å². The minimum absolute atomic E-state index is 1.01. The second-order valence-corrected chi connectivity index (χ2v) is 3.98. The summed E-state index contributed by atoms with van der Waals surface area (Å²) < 4.78 is 2.15. The molecule has 0 aliphatic carbocycles. The average Bonchev–Trinajstić information content (AvgIpc) is 2.63. The molecule has 0 unspecified atom stereocenters. The predicted octanol–water partition coefficient (Wildman–Crippen LogP) is 3.68. The third-order valence-electron chi connectivity index (χ3n) is 2.86. The zero-order chi connectivity index (χ0) is 11.1. The fraction of sp³-hybridized carbons (Fsp3) is 0.0714. The van der Waals surface area contributed by atoms with E-state index in [2.05, 4.69) is 40.4 Å². The summed E-state index contributed by atoms with van der Waals surface area (Å²) >= 11 is 0. The van der Waals surface area contributed by atoms with Crippen LogP contribution in [0, 0.1) is 0 Å². The molecular weight excluding hydrogens is 196 g/mol. The molecule has 0 saturated carbocycles. The van der Waals surface area contributed by atoms with Crippen LogP contribution >= 0.6 is 0 Å². The summed E-state index contributed by atoms with van der Waals surface area (Å²) in [7, 11) is 0. The lowest BCUT2D eigenvalue weighted by atomic mass is 10.2. The van der Waals surface area contributed by atoms with Crippen molar-refractivity contribution in [3.63, 3.8) is 0 Å². The molecule has 0 N–H and O–H groups in total. The van der Waals surface area contributed by atoms with Crippen molar-refractivity contribution in [3.8, 4) is 0 Å². The summed E-state index contributed by atoms with van der Waals surface area (Å²) in [5.41, 5.74) is 3.33. The first-order chi connectivity index (χ1) is 7.79. The maximum atomic E-state index is 4.19. The summed E-state index contributed by atoms with van der Waals surface area (Å²) in [6.07, 6.45) is 3.72. The first-order valence-corrected chi connectivity index (χ1v) is 5.28.